The highest BCUT2D eigenvalue weighted by atomic mass is 16.5. The third-order valence-electron chi connectivity index (χ3n) is 4.78. The Morgan fingerprint density at radius 3 is 2.79 bits per heavy atom. The summed E-state index contributed by atoms with van der Waals surface area (Å²) < 4.78 is 5.44. The number of hydrogen-bond acceptors (Lipinski definition) is 5. The smallest absolute Gasteiger partial charge is 0.258 e. The molecule has 0 fully saturated rings. The normalized spacial score (nSPS) is 12.9. The van der Waals surface area contributed by atoms with Crippen molar-refractivity contribution in [2.24, 2.45) is 0 Å². The van der Waals surface area contributed by atoms with E-state index in [4.69, 9.17) is 4.74 Å². The molecule has 1 amide bonds. The van der Waals surface area contributed by atoms with Crippen LogP contribution in [0.1, 0.15) is 16.7 Å². The molecule has 0 spiro atoms. The SMILES string of the molecule is O=C(COc1cccnc1)NCc1cccnc1N1CCc2ccccc2C1. The van der Waals surface area contributed by atoms with Gasteiger partial charge in [-0.1, -0.05) is 30.3 Å². The van der Waals surface area contributed by atoms with Gasteiger partial charge in [-0.3, -0.25) is 9.78 Å². The first-order chi connectivity index (χ1) is 13.8. The van der Waals surface area contributed by atoms with Gasteiger partial charge in [-0.2, -0.15) is 0 Å². The molecule has 0 bridgehead atoms. The number of carbonyl (C=O) groups is 1. The van der Waals surface area contributed by atoms with Gasteiger partial charge in [0.15, 0.2) is 6.61 Å². The maximum Gasteiger partial charge on any atom is 0.258 e. The Balaban J connectivity index is 1.38. The Morgan fingerprint density at radius 2 is 1.93 bits per heavy atom. The van der Waals surface area contributed by atoms with E-state index < -0.39 is 0 Å². The minimum absolute atomic E-state index is 0.0433. The van der Waals surface area contributed by atoms with E-state index in [9.17, 15) is 4.79 Å². The molecule has 0 unspecified atom stereocenters. The van der Waals surface area contributed by atoms with Crippen LogP contribution < -0.4 is 15.0 Å². The molecule has 1 aliphatic rings. The molecule has 0 radical (unpaired) electrons. The van der Waals surface area contributed by atoms with Gasteiger partial charge in [-0.05, 0) is 35.7 Å². The van der Waals surface area contributed by atoms with Crippen molar-refractivity contribution in [2.45, 2.75) is 19.5 Å². The van der Waals surface area contributed by atoms with Gasteiger partial charge in [0, 0.05) is 37.6 Å². The van der Waals surface area contributed by atoms with E-state index in [1.54, 1.807) is 30.7 Å². The number of anilines is 1. The van der Waals surface area contributed by atoms with E-state index in [2.05, 4.69) is 44.5 Å². The summed E-state index contributed by atoms with van der Waals surface area (Å²) in [5.41, 5.74) is 3.73. The number of amides is 1. The third kappa shape index (κ3) is 4.28. The molecule has 1 aliphatic heterocycles. The molecule has 3 aromatic rings. The lowest BCUT2D eigenvalue weighted by Crippen LogP contribution is -2.33. The number of aromatic nitrogens is 2. The number of nitrogens with zero attached hydrogens (tertiary/aromatic N) is 3. The molecular weight excluding hydrogens is 352 g/mol. The van der Waals surface area contributed by atoms with Crippen molar-refractivity contribution < 1.29 is 9.53 Å². The molecule has 142 valence electrons. The monoisotopic (exact) mass is 374 g/mol. The number of hydrogen-bond donors (Lipinski definition) is 1. The molecule has 0 saturated heterocycles. The number of rotatable bonds is 6. The molecule has 0 aliphatic carbocycles. The quantitative estimate of drug-likeness (QED) is 0.719. The van der Waals surface area contributed by atoms with Gasteiger partial charge >= 0.3 is 0 Å². The van der Waals surface area contributed by atoms with E-state index in [1.165, 1.54) is 11.1 Å². The second-order valence-electron chi connectivity index (χ2n) is 6.68. The summed E-state index contributed by atoms with van der Waals surface area (Å²) in [5.74, 6) is 1.32. The van der Waals surface area contributed by atoms with Crippen LogP contribution in [-0.4, -0.2) is 29.0 Å². The highest BCUT2D eigenvalue weighted by Crippen LogP contribution is 2.25. The lowest BCUT2D eigenvalue weighted by molar-refractivity contribution is -0.123. The maximum atomic E-state index is 12.2. The fraction of sp³-hybridized carbons (Fsp3) is 0.227. The number of nitrogens with one attached hydrogen (secondary N) is 1. The standard InChI is InChI=1S/C22H22N4O2/c27-21(16-28-20-8-4-10-23-14-20)25-13-18-7-3-11-24-22(18)26-12-9-17-5-1-2-6-19(17)15-26/h1-8,10-11,14H,9,12-13,15-16H2,(H,25,27). The summed E-state index contributed by atoms with van der Waals surface area (Å²) in [6.45, 7) is 2.12. The summed E-state index contributed by atoms with van der Waals surface area (Å²) in [5, 5.41) is 2.92. The van der Waals surface area contributed by atoms with Crippen LogP contribution in [-0.2, 0) is 24.3 Å². The Hall–Kier alpha value is -3.41. The third-order valence-corrected chi connectivity index (χ3v) is 4.78. The van der Waals surface area contributed by atoms with Crippen molar-refractivity contribution in [2.75, 3.05) is 18.1 Å². The van der Waals surface area contributed by atoms with E-state index in [1.807, 2.05) is 12.1 Å². The van der Waals surface area contributed by atoms with Gasteiger partial charge in [-0.15, -0.1) is 0 Å². The summed E-state index contributed by atoms with van der Waals surface area (Å²) in [7, 11) is 0. The molecule has 1 aromatic carbocycles. The zero-order valence-electron chi connectivity index (χ0n) is 15.5. The molecule has 6 nitrogen and oxygen atoms in total. The maximum absolute atomic E-state index is 12.2. The van der Waals surface area contributed by atoms with E-state index >= 15 is 0 Å². The Morgan fingerprint density at radius 1 is 1.07 bits per heavy atom. The van der Waals surface area contributed by atoms with Crippen LogP contribution in [0.5, 0.6) is 5.75 Å². The molecule has 28 heavy (non-hydrogen) atoms. The number of benzene rings is 1. The molecule has 2 aromatic heterocycles. The number of pyridine rings is 2. The molecule has 3 heterocycles. The topological polar surface area (TPSA) is 67.3 Å². The average Bonchev–Trinajstić information content (AvgIpc) is 2.77. The molecule has 6 heteroatoms. The van der Waals surface area contributed by atoms with E-state index in [-0.39, 0.29) is 12.5 Å². The first-order valence-corrected chi connectivity index (χ1v) is 9.35. The number of carbonyl (C=O) groups excluding carboxylic acids is 1. The Bertz CT molecular complexity index is 946. The Labute approximate surface area is 164 Å². The zero-order chi connectivity index (χ0) is 19.2. The molecule has 1 N–H and O–H groups in total. The molecule has 0 saturated carbocycles. The second-order valence-corrected chi connectivity index (χ2v) is 6.68. The fourth-order valence-electron chi connectivity index (χ4n) is 3.36. The highest BCUT2D eigenvalue weighted by Gasteiger charge is 2.19. The molecule has 4 rings (SSSR count). The second kappa shape index (κ2) is 8.52. The summed E-state index contributed by atoms with van der Waals surface area (Å²) in [4.78, 5) is 23.0. The number of fused-ring (bicyclic) bond motifs is 1. The van der Waals surface area contributed by atoms with Crippen LogP contribution >= 0.6 is 0 Å². The van der Waals surface area contributed by atoms with Gasteiger partial charge in [0.05, 0.1) is 6.20 Å². The van der Waals surface area contributed by atoms with Crippen LogP contribution in [0.4, 0.5) is 5.82 Å². The van der Waals surface area contributed by atoms with Crippen molar-refractivity contribution in [1.82, 2.24) is 15.3 Å². The lowest BCUT2D eigenvalue weighted by Gasteiger charge is -2.31. The number of ether oxygens (including phenoxy) is 1. The van der Waals surface area contributed by atoms with Gasteiger partial charge in [0.25, 0.3) is 5.91 Å². The highest BCUT2D eigenvalue weighted by molar-refractivity contribution is 5.77. The van der Waals surface area contributed by atoms with Crippen molar-refractivity contribution in [3.05, 3.63) is 83.8 Å². The van der Waals surface area contributed by atoms with Crippen molar-refractivity contribution >= 4 is 11.7 Å². The van der Waals surface area contributed by atoms with Crippen LogP contribution in [0.25, 0.3) is 0 Å². The first kappa shape index (κ1) is 18.0. The Kier molecular flexibility index (Phi) is 5.47. The van der Waals surface area contributed by atoms with Crippen LogP contribution in [0.2, 0.25) is 0 Å². The zero-order valence-corrected chi connectivity index (χ0v) is 15.5. The van der Waals surface area contributed by atoms with E-state index in [0.717, 1.165) is 30.9 Å². The predicted octanol–water partition coefficient (Wildman–Crippen LogP) is 2.73. The van der Waals surface area contributed by atoms with Gasteiger partial charge in [0.2, 0.25) is 0 Å². The first-order valence-electron chi connectivity index (χ1n) is 9.35. The van der Waals surface area contributed by atoms with Crippen molar-refractivity contribution in [3.8, 4) is 5.75 Å². The van der Waals surface area contributed by atoms with Crippen LogP contribution in [0.3, 0.4) is 0 Å². The lowest BCUT2D eigenvalue weighted by atomic mass is 9.99. The minimum Gasteiger partial charge on any atom is -0.482 e. The van der Waals surface area contributed by atoms with Crippen LogP contribution in [0, 0.1) is 0 Å². The summed E-state index contributed by atoms with van der Waals surface area (Å²) in [6.07, 6.45) is 6.04. The van der Waals surface area contributed by atoms with Crippen molar-refractivity contribution in [3.63, 3.8) is 0 Å². The summed E-state index contributed by atoms with van der Waals surface area (Å²) in [6, 6.07) is 16.0. The van der Waals surface area contributed by atoms with Gasteiger partial charge in [-0.25, -0.2) is 4.98 Å². The van der Waals surface area contributed by atoms with Gasteiger partial charge < -0.3 is 15.0 Å². The molecule has 0 atom stereocenters. The average molecular weight is 374 g/mol. The van der Waals surface area contributed by atoms with E-state index in [0.29, 0.717) is 12.3 Å². The largest absolute Gasteiger partial charge is 0.482 e. The van der Waals surface area contributed by atoms with Gasteiger partial charge in [0.1, 0.15) is 11.6 Å². The molecular formula is C22H22N4O2. The summed E-state index contributed by atoms with van der Waals surface area (Å²) >= 11 is 0. The predicted molar refractivity (Wildman–Crippen MR) is 107 cm³/mol. The van der Waals surface area contributed by atoms with Crippen molar-refractivity contribution in [1.29, 1.82) is 0 Å². The minimum atomic E-state index is -0.178. The fourth-order valence-corrected chi connectivity index (χ4v) is 3.36. The van der Waals surface area contributed by atoms with Crippen LogP contribution in [0.15, 0.2) is 67.1 Å².